The van der Waals surface area contributed by atoms with Crippen molar-refractivity contribution in [3.8, 4) is 0 Å². The van der Waals surface area contributed by atoms with Gasteiger partial charge in [-0.2, -0.15) is 0 Å². The number of hydrogen-bond acceptors (Lipinski definition) is 6. The summed E-state index contributed by atoms with van der Waals surface area (Å²) >= 11 is 2.08. The zero-order chi connectivity index (χ0) is 14.8. The van der Waals surface area contributed by atoms with E-state index in [0.717, 1.165) is 23.5 Å². The monoisotopic (exact) mass is 307 g/mol. The van der Waals surface area contributed by atoms with Crippen LogP contribution in [0.1, 0.15) is 13.8 Å². The Morgan fingerprint density at radius 1 is 1.21 bits per heavy atom. The van der Waals surface area contributed by atoms with Gasteiger partial charge in [0.1, 0.15) is 4.91 Å². The molecule has 0 bridgehead atoms. The molecular weight excluding hydrogens is 294 g/mol. The number of carboxylic acid groups (broad SMARTS) is 2. The van der Waals surface area contributed by atoms with Crippen molar-refractivity contribution >= 4 is 41.4 Å². The van der Waals surface area contributed by atoms with Gasteiger partial charge >= 0.3 is 11.9 Å². The quantitative estimate of drug-likeness (QED) is 0.562. The van der Waals surface area contributed by atoms with Crippen LogP contribution in [0.25, 0.3) is 0 Å². The van der Waals surface area contributed by atoms with E-state index in [1.165, 1.54) is 0 Å². The Labute approximate surface area is 117 Å². The molecule has 106 valence electrons. The van der Waals surface area contributed by atoms with Gasteiger partial charge < -0.3 is 20.6 Å². The van der Waals surface area contributed by atoms with Crippen molar-refractivity contribution in [3.63, 3.8) is 0 Å². The molecule has 0 saturated carbocycles. The van der Waals surface area contributed by atoms with E-state index in [1.54, 1.807) is 13.8 Å². The predicted octanol–water partition coefficient (Wildman–Crippen LogP) is 0.0604. The third-order valence-corrected chi connectivity index (χ3v) is 4.88. The van der Waals surface area contributed by atoms with Gasteiger partial charge in [-0.15, -0.1) is 11.8 Å². The lowest BCUT2D eigenvalue weighted by Gasteiger charge is -2.15. The van der Waals surface area contributed by atoms with E-state index < -0.39 is 34.6 Å². The third-order valence-electron chi connectivity index (χ3n) is 2.09. The van der Waals surface area contributed by atoms with Gasteiger partial charge in [0.25, 0.3) is 5.91 Å². The van der Waals surface area contributed by atoms with Crippen LogP contribution in [0.15, 0.2) is 9.81 Å². The molecule has 1 heterocycles. The van der Waals surface area contributed by atoms with E-state index in [0.29, 0.717) is 0 Å². The highest BCUT2D eigenvalue weighted by Gasteiger charge is 2.39. The molecule has 4 N–H and O–H groups in total. The van der Waals surface area contributed by atoms with E-state index in [1.807, 2.05) is 0 Å². The van der Waals surface area contributed by atoms with E-state index in [4.69, 9.17) is 15.3 Å². The molecule has 0 saturated heterocycles. The lowest BCUT2D eigenvalue weighted by molar-refractivity contribution is -0.142. The Hall–Kier alpha value is -1.19. The first-order valence-corrected chi connectivity index (χ1v) is 6.81. The zero-order valence-corrected chi connectivity index (χ0v) is 11.8. The summed E-state index contributed by atoms with van der Waals surface area (Å²) < 4.78 is -0.516. The van der Waals surface area contributed by atoms with E-state index in [-0.39, 0.29) is 9.81 Å². The molecule has 1 rings (SSSR count). The highest BCUT2D eigenvalue weighted by atomic mass is 32.2. The fourth-order valence-corrected chi connectivity index (χ4v) is 3.81. The van der Waals surface area contributed by atoms with Gasteiger partial charge in [0, 0.05) is 0 Å². The largest absolute Gasteiger partial charge is 0.480 e. The number of hydrogen-bond donors (Lipinski definition) is 4. The second kappa shape index (κ2) is 5.85. The number of rotatable bonds is 5. The SMILES string of the molecule is CC1(C)SC(C(=O)O)=C(C(=O)N[C@@H](CO)C(=O)O)S1. The van der Waals surface area contributed by atoms with Crippen molar-refractivity contribution in [1.82, 2.24) is 5.32 Å². The number of aliphatic carboxylic acids is 2. The molecule has 0 spiro atoms. The summed E-state index contributed by atoms with van der Waals surface area (Å²) in [5, 5.41) is 28.7. The fourth-order valence-electron chi connectivity index (χ4n) is 1.30. The molecule has 19 heavy (non-hydrogen) atoms. The standard InChI is InChI=1S/C10H13NO6S2/c1-10(2)18-5(6(19-10)9(16)17)7(13)11-4(3-12)8(14)15/h4,12H,3H2,1-2H3,(H,11,13)(H,14,15)(H,16,17)/t4-/m0/s1. The van der Waals surface area contributed by atoms with Crippen molar-refractivity contribution in [3.05, 3.63) is 9.81 Å². The molecule has 0 radical (unpaired) electrons. The maximum Gasteiger partial charge on any atom is 0.343 e. The molecule has 1 atom stereocenters. The van der Waals surface area contributed by atoms with Gasteiger partial charge in [-0.25, -0.2) is 9.59 Å². The highest BCUT2D eigenvalue weighted by molar-refractivity contribution is 8.25. The van der Waals surface area contributed by atoms with Gasteiger partial charge in [-0.1, -0.05) is 11.8 Å². The molecule has 0 aromatic heterocycles. The smallest absolute Gasteiger partial charge is 0.343 e. The highest BCUT2D eigenvalue weighted by Crippen LogP contribution is 2.53. The minimum absolute atomic E-state index is 0.0396. The Kier molecular flexibility index (Phi) is 4.88. The minimum atomic E-state index is -1.45. The van der Waals surface area contributed by atoms with Crippen LogP contribution in [-0.2, 0) is 14.4 Å². The predicted molar refractivity (Wildman–Crippen MR) is 70.6 cm³/mol. The number of aliphatic hydroxyl groups is 1. The number of carboxylic acids is 2. The molecular formula is C10H13NO6S2. The van der Waals surface area contributed by atoms with Crippen molar-refractivity contribution in [1.29, 1.82) is 0 Å². The number of aliphatic hydroxyl groups excluding tert-OH is 1. The molecule has 0 unspecified atom stereocenters. The van der Waals surface area contributed by atoms with E-state index in [2.05, 4.69) is 5.32 Å². The molecule has 7 nitrogen and oxygen atoms in total. The third kappa shape index (κ3) is 3.88. The van der Waals surface area contributed by atoms with Gasteiger partial charge in [-0.05, 0) is 13.8 Å². The molecule has 1 amide bonds. The Balaban J connectivity index is 2.93. The Bertz CT molecular complexity index is 459. The molecule has 0 aromatic carbocycles. The number of thioether (sulfide) groups is 2. The van der Waals surface area contributed by atoms with Crippen molar-refractivity contribution < 1.29 is 29.7 Å². The molecule has 0 aromatic rings. The average Bonchev–Trinajstić information content (AvgIpc) is 2.61. The number of carbonyl (C=O) groups is 3. The molecule has 0 fully saturated rings. The van der Waals surface area contributed by atoms with Gasteiger partial charge in [0.2, 0.25) is 0 Å². The van der Waals surface area contributed by atoms with Crippen molar-refractivity contribution in [2.75, 3.05) is 6.61 Å². The summed E-state index contributed by atoms with van der Waals surface area (Å²) in [6.07, 6.45) is 0. The van der Waals surface area contributed by atoms with Crippen LogP contribution < -0.4 is 5.32 Å². The van der Waals surface area contributed by atoms with Crippen LogP contribution in [0.3, 0.4) is 0 Å². The van der Waals surface area contributed by atoms with Crippen LogP contribution >= 0.6 is 23.5 Å². The van der Waals surface area contributed by atoms with Crippen molar-refractivity contribution in [2.45, 2.75) is 24.0 Å². The molecule has 1 aliphatic heterocycles. The topological polar surface area (TPSA) is 124 Å². The first-order chi connectivity index (χ1) is 8.68. The minimum Gasteiger partial charge on any atom is -0.480 e. The first-order valence-electron chi connectivity index (χ1n) is 5.18. The lowest BCUT2D eigenvalue weighted by Crippen LogP contribution is -2.43. The van der Waals surface area contributed by atoms with Gasteiger partial charge in [0.15, 0.2) is 6.04 Å². The van der Waals surface area contributed by atoms with Gasteiger partial charge in [-0.3, -0.25) is 4.79 Å². The fraction of sp³-hybridized carbons (Fsp3) is 0.500. The maximum atomic E-state index is 11.9. The maximum absolute atomic E-state index is 11.9. The Morgan fingerprint density at radius 2 is 1.74 bits per heavy atom. The summed E-state index contributed by atoms with van der Waals surface area (Å²) in [5.74, 6) is -3.42. The molecule has 0 aliphatic carbocycles. The number of nitrogens with one attached hydrogen (secondary N) is 1. The summed E-state index contributed by atoms with van der Waals surface area (Å²) in [5.41, 5.74) is 0. The Morgan fingerprint density at radius 3 is 2.16 bits per heavy atom. The summed E-state index contributed by atoms with van der Waals surface area (Å²) in [7, 11) is 0. The second-order valence-electron chi connectivity index (χ2n) is 4.11. The number of carbonyl (C=O) groups excluding carboxylic acids is 1. The summed E-state index contributed by atoms with van der Waals surface area (Å²) in [6.45, 7) is 2.75. The first kappa shape index (κ1) is 15.9. The van der Waals surface area contributed by atoms with Crippen LogP contribution in [0.4, 0.5) is 0 Å². The normalized spacial score (nSPS) is 19.1. The van der Waals surface area contributed by atoms with E-state index in [9.17, 15) is 14.4 Å². The van der Waals surface area contributed by atoms with Crippen molar-refractivity contribution in [2.24, 2.45) is 0 Å². The lowest BCUT2D eigenvalue weighted by atomic mass is 10.3. The zero-order valence-electron chi connectivity index (χ0n) is 10.2. The average molecular weight is 307 g/mol. The van der Waals surface area contributed by atoms with Gasteiger partial charge in [0.05, 0.1) is 15.6 Å². The molecule has 9 heteroatoms. The van der Waals surface area contributed by atoms with Crippen LogP contribution in [0.5, 0.6) is 0 Å². The number of amides is 1. The summed E-state index contributed by atoms with van der Waals surface area (Å²) in [6, 6.07) is -1.45. The van der Waals surface area contributed by atoms with E-state index >= 15 is 0 Å². The second-order valence-corrected chi connectivity index (χ2v) is 7.64. The summed E-state index contributed by atoms with van der Waals surface area (Å²) in [4.78, 5) is 33.5. The van der Waals surface area contributed by atoms with Crippen LogP contribution in [0, 0.1) is 0 Å². The molecule has 1 aliphatic rings. The van der Waals surface area contributed by atoms with Crippen LogP contribution in [0.2, 0.25) is 0 Å². The van der Waals surface area contributed by atoms with Crippen LogP contribution in [-0.4, -0.2) is 49.9 Å².